The summed E-state index contributed by atoms with van der Waals surface area (Å²) in [5.41, 5.74) is 4.69. The lowest BCUT2D eigenvalue weighted by Crippen LogP contribution is -2.49. The van der Waals surface area contributed by atoms with Crippen molar-refractivity contribution in [3.05, 3.63) is 29.8 Å². The molecule has 1 aromatic carbocycles. The van der Waals surface area contributed by atoms with Gasteiger partial charge in [0.25, 0.3) is 5.91 Å². The van der Waals surface area contributed by atoms with E-state index in [1.54, 1.807) is 12.2 Å². The molecule has 146 valence electrons. The molecule has 2 amide bonds. The number of aliphatic carboxylic acids is 1. The number of carboxylic acid groups (broad SMARTS) is 1. The molecule has 27 heavy (non-hydrogen) atoms. The first-order valence-corrected chi connectivity index (χ1v) is 8.19. The molecule has 0 fully saturated rings. The first-order valence-electron chi connectivity index (χ1n) is 8.19. The SMILES string of the molecule is COc1cc(C(=O)NNC(=O)C2CC=CCC2C(=O)[O-])cc(OC)c1OC. The standard InChI is InChI=1S/C18H22N2O7/c1-25-13-8-10(9-14(26-2)15(13)27-3)16(21)19-20-17(22)11-6-4-5-7-12(11)18(23)24/h4-5,8-9,11-12H,6-7H2,1-3H3,(H,19,21)(H,20,22)(H,23,24)/p-1. The summed E-state index contributed by atoms with van der Waals surface area (Å²) >= 11 is 0. The average molecular weight is 377 g/mol. The molecule has 9 nitrogen and oxygen atoms in total. The lowest BCUT2D eigenvalue weighted by Gasteiger charge is -2.28. The third kappa shape index (κ3) is 4.49. The van der Waals surface area contributed by atoms with E-state index in [-0.39, 0.29) is 29.9 Å². The van der Waals surface area contributed by atoms with Crippen molar-refractivity contribution < 1.29 is 33.7 Å². The second-order valence-electron chi connectivity index (χ2n) is 5.83. The van der Waals surface area contributed by atoms with Crippen LogP contribution in [0.15, 0.2) is 24.3 Å². The molecule has 1 aromatic rings. The third-order valence-electron chi connectivity index (χ3n) is 4.30. The number of hydrogen-bond acceptors (Lipinski definition) is 7. The number of allylic oxidation sites excluding steroid dienone is 2. The van der Waals surface area contributed by atoms with Crippen molar-refractivity contribution in [1.82, 2.24) is 10.9 Å². The van der Waals surface area contributed by atoms with Crippen molar-refractivity contribution >= 4 is 17.8 Å². The van der Waals surface area contributed by atoms with Crippen LogP contribution in [-0.2, 0) is 9.59 Å². The fourth-order valence-electron chi connectivity index (χ4n) is 2.86. The molecule has 2 unspecified atom stereocenters. The van der Waals surface area contributed by atoms with Gasteiger partial charge < -0.3 is 24.1 Å². The molecule has 1 aliphatic carbocycles. The maximum Gasteiger partial charge on any atom is 0.269 e. The smallest absolute Gasteiger partial charge is 0.269 e. The summed E-state index contributed by atoms with van der Waals surface area (Å²) in [5.74, 6) is -3.39. The summed E-state index contributed by atoms with van der Waals surface area (Å²) < 4.78 is 15.5. The van der Waals surface area contributed by atoms with Crippen molar-refractivity contribution in [2.24, 2.45) is 11.8 Å². The summed E-state index contributed by atoms with van der Waals surface area (Å²) in [6.07, 6.45) is 3.88. The fourth-order valence-corrected chi connectivity index (χ4v) is 2.86. The zero-order chi connectivity index (χ0) is 20.0. The quantitative estimate of drug-likeness (QED) is 0.519. The Labute approximate surface area is 156 Å². The van der Waals surface area contributed by atoms with Gasteiger partial charge in [-0.25, -0.2) is 0 Å². The van der Waals surface area contributed by atoms with Gasteiger partial charge in [-0.15, -0.1) is 0 Å². The molecule has 1 aliphatic rings. The topological polar surface area (TPSA) is 126 Å². The molecule has 0 bridgehead atoms. The largest absolute Gasteiger partial charge is 0.550 e. The summed E-state index contributed by atoms with van der Waals surface area (Å²) in [7, 11) is 4.27. The summed E-state index contributed by atoms with van der Waals surface area (Å²) in [6.45, 7) is 0. The van der Waals surface area contributed by atoms with Crippen LogP contribution in [0.25, 0.3) is 0 Å². The van der Waals surface area contributed by atoms with E-state index < -0.39 is 29.6 Å². The predicted molar refractivity (Wildman–Crippen MR) is 92.1 cm³/mol. The van der Waals surface area contributed by atoms with Gasteiger partial charge in [0.1, 0.15) is 0 Å². The van der Waals surface area contributed by atoms with E-state index in [1.807, 2.05) is 0 Å². The first kappa shape index (κ1) is 20.1. The number of methoxy groups -OCH3 is 3. The number of rotatable bonds is 6. The molecule has 0 aromatic heterocycles. The normalized spacial score (nSPS) is 18.3. The molecule has 0 aliphatic heterocycles. The number of benzene rings is 1. The Kier molecular flexibility index (Phi) is 6.64. The van der Waals surface area contributed by atoms with Crippen LogP contribution < -0.4 is 30.2 Å². The van der Waals surface area contributed by atoms with Crippen molar-refractivity contribution in [3.8, 4) is 17.2 Å². The number of carbonyl (C=O) groups is 3. The lowest BCUT2D eigenvalue weighted by atomic mass is 9.82. The molecular weight excluding hydrogens is 356 g/mol. The highest BCUT2D eigenvalue weighted by Gasteiger charge is 2.30. The molecule has 2 N–H and O–H groups in total. The van der Waals surface area contributed by atoms with E-state index in [2.05, 4.69) is 10.9 Å². The highest BCUT2D eigenvalue weighted by Crippen LogP contribution is 2.38. The minimum Gasteiger partial charge on any atom is -0.550 e. The molecule has 0 spiro atoms. The van der Waals surface area contributed by atoms with E-state index in [1.165, 1.54) is 33.5 Å². The highest BCUT2D eigenvalue weighted by molar-refractivity contribution is 5.97. The van der Waals surface area contributed by atoms with E-state index in [0.717, 1.165) is 0 Å². The molecule has 9 heteroatoms. The van der Waals surface area contributed by atoms with E-state index in [0.29, 0.717) is 5.75 Å². The van der Waals surface area contributed by atoms with Gasteiger partial charge in [-0.3, -0.25) is 20.4 Å². The van der Waals surface area contributed by atoms with Gasteiger partial charge in [0, 0.05) is 17.5 Å². The van der Waals surface area contributed by atoms with Gasteiger partial charge in [0.15, 0.2) is 11.5 Å². The Bertz CT molecular complexity index is 735. The van der Waals surface area contributed by atoms with Gasteiger partial charge in [0.2, 0.25) is 11.7 Å². The number of carbonyl (C=O) groups excluding carboxylic acids is 3. The number of ether oxygens (including phenoxy) is 3. The molecule has 0 saturated carbocycles. The van der Waals surface area contributed by atoms with Crippen molar-refractivity contribution in [1.29, 1.82) is 0 Å². The van der Waals surface area contributed by atoms with Gasteiger partial charge >= 0.3 is 0 Å². The number of hydrazine groups is 1. The van der Waals surface area contributed by atoms with E-state index in [4.69, 9.17) is 14.2 Å². The van der Waals surface area contributed by atoms with Crippen LogP contribution in [0.2, 0.25) is 0 Å². The fraction of sp³-hybridized carbons (Fsp3) is 0.389. The van der Waals surface area contributed by atoms with Gasteiger partial charge in [0.05, 0.1) is 27.2 Å². The van der Waals surface area contributed by atoms with Crippen LogP contribution in [0.5, 0.6) is 17.2 Å². The minimum absolute atomic E-state index is 0.157. The zero-order valence-corrected chi connectivity index (χ0v) is 15.2. The summed E-state index contributed by atoms with van der Waals surface area (Å²) in [5, 5.41) is 11.2. The van der Waals surface area contributed by atoms with Crippen LogP contribution >= 0.6 is 0 Å². The third-order valence-corrected chi connectivity index (χ3v) is 4.30. The number of nitrogens with one attached hydrogen (secondary N) is 2. The van der Waals surface area contributed by atoms with Gasteiger partial charge in [-0.05, 0) is 25.0 Å². The van der Waals surface area contributed by atoms with E-state index in [9.17, 15) is 19.5 Å². The Hall–Kier alpha value is -3.23. The molecule has 0 heterocycles. The minimum atomic E-state index is -1.30. The monoisotopic (exact) mass is 377 g/mol. The maximum atomic E-state index is 12.4. The Morgan fingerprint density at radius 1 is 0.926 bits per heavy atom. The predicted octanol–water partition coefficient (Wildman–Crippen LogP) is -0.194. The van der Waals surface area contributed by atoms with Crippen LogP contribution in [-0.4, -0.2) is 39.1 Å². The lowest BCUT2D eigenvalue weighted by molar-refractivity contribution is -0.313. The molecule has 0 radical (unpaired) electrons. The number of amides is 2. The van der Waals surface area contributed by atoms with Crippen molar-refractivity contribution in [3.63, 3.8) is 0 Å². The summed E-state index contributed by atoms with van der Waals surface area (Å²) in [6, 6.07) is 2.85. The second-order valence-corrected chi connectivity index (χ2v) is 5.83. The number of carboxylic acids is 1. The van der Waals surface area contributed by atoms with Crippen LogP contribution in [0.4, 0.5) is 0 Å². The van der Waals surface area contributed by atoms with Crippen molar-refractivity contribution in [2.75, 3.05) is 21.3 Å². The summed E-state index contributed by atoms with van der Waals surface area (Å²) in [4.78, 5) is 35.8. The van der Waals surface area contributed by atoms with Crippen LogP contribution in [0, 0.1) is 11.8 Å². The first-order chi connectivity index (χ1) is 12.9. The molecule has 2 rings (SSSR count). The number of hydrogen-bond donors (Lipinski definition) is 2. The van der Waals surface area contributed by atoms with Crippen LogP contribution in [0.1, 0.15) is 23.2 Å². The molecular formula is C18H21N2O7-. The van der Waals surface area contributed by atoms with E-state index >= 15 is 0 Å². The maximum absolute atomic E-state index is 12.4. The highest BCUT2D eigenvalue weighted by atomic mass is 16.5. The second kappa shape index (κ2) is 8.93. The Balaban J connectivity index is 2.10. The molecule has 0 saturated heterocycles. The molecule has 2 atom stereocenters. The Morgan fingerprint density at radius 2 is 1.48 bits per heavy atom. The van der Waals surface area contributed by atoms with Crippen molar-refractivity contribution in [2.45, 2.75) is 12.8 Å². The van der Waals surface area contributed by atoms with Gasteiger partial charge in [-0.2, -0.15) is 0 Å². The Morgan fingerprint density at radius 3 is 1.96 bits per heavy atom. The van der Waals surface area contributed by atoms with Crippen LogP contribution in [0.3, 0.4) is 0 Å². The average Bonchev–Trinajstić information content (AvgIpc) is 2.70. The van der Waals surface area contributed by atoms with Gasteiger partial charge in [-0.1, -0.05) is 12.2 Å². The zero-order valence-electron chi connectivity index (χ0n) is 15.2.